The standard InChI is InChI=1S/C5H3N3.W/c1-4-7-3-5(2-6)8-4;/h1,3H,(H,7,8);. The minimum absolute atomic E-state index is 0.516. The van der Waals surface area contributed by atoms with Crippen LogP contribution < -0.4 is 0 Å². The third-order valence-corrected chi connectivity index (χ3v) is 1.63. The van der Waals surface area contributed by atoms with Gasteiger partial charge in [0.15, 0.2) is 0 Å². The molecule has 0 unspecified atom stereocenters. The fourth-order valence-corrected chi connectivity index (χ4v) is 0.884. The molecule has 0 aromatic carbocycles. The number of nitrogens with one attached hydrogen (secondary N) is 1. The summed E-state index contributed by atoms with van der Waals surface area (Å²) in [7, 11) is 0. The molecule has 0 bridgehead atoms. The second kappa shape index (κ2) is 2.70. The van der Waals surface area contributed by atoms with Crippen LogP contribution in [-0.2, 0) is 19.4 Å². The molecule has 9 heavy (non-hydrogen) atoms. The molecule has 1 aromatic heterocycles. The van der Waals surface area contributed by atoms with Gasteiger partial charge < -0.3 is 0 Å². The summed E-state index contributed by atoms with van der Waals surface area (Å²) in [6, 6.07) is 1.95. The molecule has 1 aromatic rings. The maximum atomic E-state index is 8.32. The van der Waals surface area contributed by atoms with Gasteiger partial charge in [-0.05, 0) is 0 Å². The molecule has 0 fully saturated rings. The molecule has 1 heterocycles. The van der Waals surface area contributed by atoms with E-state index in [1.807, 2.05) is 10.5 Å². The van der Waals surface area contributed by atoms with Crippen LogP contribution in [0.25, 0.3) is 0 Å². The van der Waals surface area contributed by atoms with Gasteiger partial charge >= 0.3 is 62.8 Å². The van der Waals surface area contributed by atoms with Crippen LogP contribution in [0.3, 0.4) is 0 Å². The molecule has 3 nitrogen and oxygen atoms in total. The first-order chi connectivity index (χ1) is 4.36. The van der Waals surface area contributed by atoms with Crippen LogP contribution in [0.5, 0.6) is 0 Å². The van der Waals surface area contributed by atoms with Crippen molar-refractivity contribution in [3.05, 3.63) is 17.7 Å². The van der Waals surface area contributed by atoms with Crippen molar-refractivity contribution < 1.29 is 19.4 Å². The molecular weight excluding hydrogens is 286 g/mol. The van der Waals surface area contributed by atoms with E-state index in [4.69, 9.17) is 5.26 Å². The summed E-state index contributed by atoms with van der Waals surface area (Å²) in [4.78, 5) is 6.70. The maximum absolute atomic E-state index is 8.32. The Kier molecular flexibility index (Phi) is 1.91. The molecule has 44 valence electrons. The molecule has 0 saturated carbocycles. The predicted molar refractivity (Wildman–Crippen MR) is 28.5 cm³/mol. The molecule has 0 aliphatic carbocycles. The number of imidazole rings is 1. The second-order valence-corrected chi connectivity index (χ2v) is 2.26. The fourth-order valence-electron chi connectivity index (χ4n) is 0.453. The minimum atomic E-state index is 0.516. The molecule has 0 spiro atoms. The van der Waals surface area contributed by atoms with Gasteiger partial charge in [0.1, 0.15) is 0 Å². The predicted octanol–water partition coefficient (Wildman–Crippen LogP) is -0.0215. The SMILES string of the molecule is N#Cc1cnc([CH]=[W])[nH]1. The van der Waals surface area contributed by atoms with Crippen molar-refractivity contribution >= 4 is 4.40 Å². The van der Waals surface area contributed by atoms with E-state index in [-0.39, 0.29) is 0 Å². The first-order valence-corrected chi connectivity index (χ1v) is 3.96. The Morgan fingerprint density at radius 1 is 1.89 bits per heavy atom. The third kappa shape index (κ3) is 1.34. The number of nitriles is 1. The average molecular weight is 289 g/mol. The van der Waals surface area contributed by atoms with Crippen molar-refractivity contribution in [2.75, 3.05) is 0 Å². The zero-order chi connectivity index (χ0) is 6.69. The van der Waals surface area contributed by atoms with Gasteiger partial charge in [0, 0.05) is 0 Å². The number of aromatic nitrogens is 2. The monoisotopic (exact) mass is 289 g/mol. The van der Waals surface area contributed by atoms with E-state index in [2.05, 4.69) is 9.97 Å². The van der Waals surface area contributed by atoms with Gasteiger partial charge in [0.2, 0.25) is 0 Å². The van der Waals surface area contributed by atoms with Crippen molar-refractivity contribution in [1.82, 2.24) is 9.97 Å². The zero-order valence-electron chi connectivity index (χ0n) is 4.46. The van der Waals surface area contributed by atoms with E-state index in [1.165, 1.54) is 25.6 Å². The Labute approximate surface area is 63.1 Å². The summed E-state index contributed by atoms with van der Waals surface area (Å²) in [5, 5.41) is 8.32. The Morgan fingerprint density at radius 2 is 2.67 bits per heavy atom. The summed E-state index contributed by atoms with van der Waals surface area (Å²) < 4.78 is 1.89. The Hall–Kier alpha value is -0.742. The Bertz CT molecular complexity index is 257. The van der Waals surface area contributed by atoms with Gasteiger partial charge in [-0.2, -0.15) is 0 Å². The average Bonchev–Trinajstić information content (AvgIpc) is 2.34. The van der Waals surface area contributed by atoms with Crippen LogP contribution in [0.2, 0.25) is 0 Å². The van der Waals surface area contributed by atoms with Gasteiger partial charge in [0.25, 0.3) is 0 Å². The number of hydrogen-bond donors (Lipinski definition) is 1. The number of H-pyrrole nitrogens is 1. The molecule has 1 rings (SSSR count). The van der Waals surface area contributed by atoms with Crippen molar-refractivity contribution in [2.24, 2.45) is 0 Å². The molecule has 0 aliphatic rings. The molecule has 0 aliphatic heterocycles. The Morgan fingerprint density at radius 3 is 3.00 bits per heavy atom. The molecule has 1 N–H and O–H groups in total. The quantitative estimate of drug-likeness (QED) is 0.790. The fraction of sp³-hybridized carbons (Fsp3) is 0. The number of aromatic amines is 1. The van der Waals surface area contributed by atoms with Crippen LogP contribution in [0.4, 0.5) is 0 Å². The first kappa shape index (κ1) is 6.38. The van der Waals surface area contributed by atoms with Crippen LogP contribution in [0.15, 0.2) is 6.20 Å². The first-order valence-electron chi connectivity index (χ1n) is 2.27. The molecule has 0 amide bonds. The summed E-state index contributed by atoms with van der Waals surface area (Å²) in [5.74, 6) is 0.779. The number of nitrogens with zero attached hydrogens (tertiary/aromatic N) is 2. The van der Waals surface area contributed by atoms with Gasteiger partial charge in [-0.1, -0.05) is 0 Å². The zero-order valence-corrected chi connectivity index (χ0v) is 7.39. The summed E-state index contributed by atoms with van der Waals surface area (Å²) in [6.07, 6.45) is 1.52. The van der Waals surface area contributed by atoms with Crippen LogP contribution in [0, 0.1) is 11.3 Å². The van der Waals surface area contributed by atoms with E-state index in [0.29, 0.717) is 5.69 Å². The summed E-state index contributed by atoms with van der Waals surface area (Å²) >= 11 is 1.32. The molecule has 0 atom stereocenters. The number of rotatable bonds is 1. The van der Waals surface area contributed by atoms with E-state index in [9.17, 15) is 0 Å². The Balaban J connectivity index is 3.03. The van der Waals surface area contributed by atoms with E-state index in [0.717, 1.165) is 5.82 Å². The van der Waals surface area contributed by atoms with Crippen molar-refractivity contribution in [3.63, 3.8) is 0 Å². The van der Waals surface area contributed by atoms with Crippen LogP contribution in [-0.4, -0.2) is 14.4 Å². The second-order valence-electron chi connectivity index (χ2n) is 1.41. The van der Waals surface area contributed by atoms with Gasteiger partial charge in [-0.3, -0.25) is 0 Å². The van der Waals surface area contributed by atoms with E-state index >= 15 is 0 Å². The molecule has 0 saturated heterocycles. The van der Waals surface area contributed by atoms with E-state index < -0.39 is 0 Å². The summed E-state index contributed by atoms with van der Waals surface area (Å²) in [6.45, 7) is 0. The third-order valence-electron chi connectivity index (χ3n) is 0.828. The van der Waals surface area contributed by atoms with Gasteiger partial charge in [-0.15, -0.1) is 0 Å². The van der Waals surface area contributed by atoms with Crippen molar-refractivity contribution in [3.8, 4) is 6.07 Å². The summed E-state index contributed by atoms with van der Waals surface area (Å²) in [5.41, 5.74) is 0.516. The normalized spacial score (nSPS) is 8.33. The van der Waals surface area contributed by atoms with Gasteiger partial charge in [-0.25, -0.2) is 0 Å². The van der Waals surface area contributed by atoms with Crippen molar-refractivity contribution in [2.45, 2.75) is 0 Å². The van der Waals surface area contributed by atoms with Gasteiger partial charge in [0.05, 0.1) is 0 Å². The molecule has 4 heteroatoms. The van der Waals surface area contributed by atoms with Crippen LogP contribution in [0.1, 0.15) is 11.5 Å². The van der Waals surface area contributed by atoms with Crippen LogP contribution >= 0.6 is 0 Å². The van der Waals surface area contributed by atoms with E-state index in [1.54, 1.807) is 0 Å². The molecular formula is C5H3N3W. The van der Waals surface area contributed by atoms with Crippen molar-refractivity contribution in [1.29, 1.82) is 5.26 Å². The molecule has 0 radical (unpaired) electrons. The topological polar surface area (TPSA) is 52.5 Å². The number of hydrogen-bond acceptors (Lipinski definition) is 2.